The monoisotopic (exact) mass is 550 g/mol. The first kappa shape index (κ1) is 37.4. The lowest BCUT2D eigenvalue weighted by Crippen LogP contribution is -2.32. The maximum Gasteiger partial charge on any atom is 0.335 e. The van der Waals surface area contributed by atoms with E-state index in [1.807, 2.05) is 13.8 Å². The fraction of sp³-hybridized carbons (Fsp3) is 0.750. The molecular weight excluding hydrogens is 508 g/mol. The van der Waals surface area contributed by atoms with Crippen LogP contribution in [-0.4, -0.2) is 115 Å². The number of imide groups is 2. The average molecular weight is 551 g/mol. The second-order valence-electron chi connectivity index (χ2n) is 7.38. The van der Waals surface area contributed by atoms with Crippen LogP contribution in [0.3, 0.4) is 0 Å². The van der Waals surface area contributed by atoms with Gasteiger partial charge in [-0.2, -0.15) is 0 Å². The molecule has 38 heavy (non-hydrogen) atoms. The van der Waals surface area contributed by atoms with Crippen molar-refractivity contribution in [3.63, 3.8) is 0 Å². The van der Waals surface area contributed by atoms with Crippen molar-refractivity contribution < 1.29 is 58.0 Å². The summed E-state index contributed by atoms with van der Waals surface area (Å²) in [4.78, 5) is 70.7. The maximum absolute atomic E-state index is 11.3. The highest BCUT2D eigenvalue weighted by molar-refractivity contribution is 6.02. The molecule has 2 aliphatic rings. The number of aliphatic hydroxyl groups is 2. The van der Waals surface area contributed by atoms with Crippen molar-refractivity contribution in [1.29, 1.82) is 0 Å². The molecule has 0 aromatic carbocycles. The van der Waals surface area contributed by atoms with Crippen LogP contribution in [0.2, 0.25) is 0 Å². The molecule has 0 aliphatic carbocycles. The first-order valence-electron chi connectivity index (χ1n) is 12.4. The highest BCUT2D eigenvalue weighted by Gasteiger charge is 2.32. The van der Waals surface area contributed by atoms with Crippen molar-refractivity contribution in [2.75, 3.05) is 59.9 Å². The van der Waals surface area contributed by atoms with Crippen LogP contribution < -0.4 is 0 Å². The number of amides is 4. The standard InChI is InChI=1S/C11H17NO7.C6H12O3.C5H7NO2.C2H6/c13-4-6-18-8-7-17-5-3-11(16)19-12-9(14)1-2-10(12)15;1-6(8)2-4-9-5-3-7;1-6-4(7)2-3-5(6)8;1-2/h13H,1-8H2;7H,2-5H2,1H3;2-3H2,1H3;1-2H3. The number of Topliss-reactive ketones (excluding diaryl/α,β-unsaturated/α-hetero) is 1. The van der Waals surface area contributed by atoms with Crippen LogP contribution >= 0.6 is 0 Å². The van der Waals surface area contributed by atoms with Gasteiger partial charge in [-0.25, -0.2) is 4.79 Å². The third kappa shape index (κ3) is 19.3. The van der Waals surface area contributed by atoms with E-state index in [4.69, 9.17) is 24.4 Å². The van der Waals surface area contributed by atoms with Crippen LogP contribution in [0.15, 0.2) is 0 Å². The van der Waals surface area contributed by atoms with Gasteiger partial charge in [-0.1, -0.05) is 13.8 Å². The largest absolute Gasteiger partial charge is 0.394 e. The highest BCUT2D eigenvalue weighted by atomic mass is 16.7. The van der Waals surface area contributed by atoms with Crippen molar-refractivity contribution >= 4 is 35.4 Å². The number of carbonyl (C=O) groups is 6. The summed E-state index contributed by atoms with van der Waals surface area (Å²) in [7, 11) is 1.51. The molecule has 14 nitrogen and oxygen atoms in total. The number of hydrogen-bond donors (Lipinski definition) is 2. The lowest BCUT2D eigenvalue weighted by molar-refractivity contribution is -0.198. The summed E-state index contributed by atoms with van der Waals surface area (Å²) >= 11 is 0. The normalized spacial score (nSPS) is 14.3. The predicted molar refractivity (Wildman–Crippen MR) is 132 cm³/mol. The van der Waals surface area contributed by atoms with Gasteiger partial charge in [0.25, 0.3) is 11.8 Å². The Morgan fingerprint density at radius 1 is 0.684 bits per heavy atom. The van der Waals surface area contributed by atoms with E-state index in [9.17, 15) is 28.8 Å². The number of carbonyl (C=O) groups excluding carboxylic acids is 6. The summed E-state index contributed by atoms with van der Waals surface area (Å²) in [5.41, 5.74) is 0. The summed E-state index contributed by atoms with van der Waals surface area (Å²) in [5.74, 6) is -1.70. The topological polar surface area (TPSA) is 186 Å². The Labute approximate surface area is 223 Å². The summed E-state index contributed by atoms with van der Waals surface area (Å²) < 4.78 is 14.8. The zero-order valence-electron chi connectivity index (χ0n) is 22.8. The molecule has 0 saturated carbocycles. The summed E-state index contributed by atoms with van der Waals surface area (Å²) in [6.45, 7) is 7.20. The molecule has 2 rings (SSSR count). The number of ketones is 1. The maximum atomic E-state index is 11.3. The number of aliphatic hydroxyl groups excluding tert-OH is 2. The smallest absolute Gasteiger partial charge is 0.335 e. The number of rotatable bonds is 14. The van der Waals surface area contributed by atoms with Crippen molar-refractivity contribution in [2.24, 2.45) is 0 Å². The molecule has 0 radical (unpaired) electrons. The van der Waals surface area contributed by atoms with E-state index in [1.165, 1.54) is 18.9 Å². The Kier molecular flexibility index (Phi) is 24.1. The highest BCUT2D eigenvalue weighted by Crippen LogP contribution is 2.12. The van der Waals surface area contributed by atoms with Gasteiger partial charge >= 0.3 is 5.97 Å². The number of ether oxygens (including phenoxy) is 3. The van der Waals surface area contributed by atoms with Crippen LogP contribution in [0.25, 0.3) is 0 Å². The fourth-order valence-electron chi connectivity index (χ4n) is 2.42. The molecule has 2 aliphatic heterocycles. The van der Waals surface area contributed by atoms with Gasteiger partial charge in [-0.05, 0) is 6.92 Å². The van der Waals surface area contributed by atoms with Crippen molar-refractivity contribution in [2.45, 2.75) is 59.3 Å². The molecule has 14 heteroatoms. The van der Waals surface area contributed by atoms with E-state index in [-0.39, 0.29) is 69.9 Å². The van der Waals surface area contributed by atoms with E-state index in [1.54, 1.807) is 0 Å². The molecule has 2 saturated heterocycles. The van der Waals surface area contributed by atoms with E-state index in [0.29, 0.717) is 44.1 Å². The van der Waals surface area contributed by atoms with Gasteiger partial charge in [0.15, 0.2) is 0 Å². The molecular formula is C24H42N2O12. The van der Waals surface area contributed by atoms with Crippen LogP contribution in [0, 0.1) is 0 Å². The van der Waals surface area contributed by atoms with Crippen molar-refractivity contribution in [1.82, 2.24) is 9.96 Å². The molecule has 0 aromatic heterocycles. The Bertz CT molecular complexity index is 697. The second kappa shape index (κ2) is 24.6. The van der Waals surface area contributed by atoms with Gasteiger partial charge in [0.1, 0.15) is 5.78 Å². The van der Waals surface area contributed by atoms with E-state index in [2.05, 4.69) is 4.84 Å². The molecule has 220 valence electrons. The summed E-state index contributed by atoms with van der Waals surface area (Å²) in [5, 5.41) is 17.2. The molecule has 2 N–H and O–H groups in total. The van der Waals surface area contributed by atoms with E-state index in [0.717, 1.165) is 0 Å². The number of hydrogen-bond acceptors (Lipinski definition) is 12. The van der Waals surface area contributed by atoms with Crippen LogP contribution in [0.5, 0.6) is 0 Å². The van der Waals surface area contributed by atoms with Crippen LogP contribution in [0.4, 0.5) is 0 Å². The molecule has 0 aromatic rings. The van der Waals surface area contributed by atoms with Crippen LogP contribution in [0.1, 0.15) is 59.3 Å². The van der Waals surface area contributed by atoms with E-state index >= 15 is 0 Å². The lowest BCUT2D eigenvalue weighted by Gasteiger charge is -2.12. The molecule has 2 heterocycles. The predicted octanol–water partition coefficient (Wildman–Crippen LogP) is -0.225. The summed E-state index contributed by atoms with van der Waals surface area (Å²) in [6, 6.07) is 0. The summed E-state index contributed by atoms with van der Waals surface area (Å²) in [6.07, 6.45) is 1.33. The average Bonchev–Trinajstić information content (AvgIpc) is 3.37. The second-order valence-corrected chi connectivity index (χ2v) is 7.38. The molecule has 2 fully saturated rings. The SMILES string of the molecule is CC.CC(=O)CCOCCO.CN1C(=O)CCC1=O.O=C(CCOCCOCCO)ON1C(=O)CCC1=O. The Morgan fingerprint density at radius 3 is 1.47 bits per heavy atom. The van der Waals surface area contributed by atoms with Gasteiger partial charge in [0, 0.05) is 39.2 Å². The molecule has 4 amide bonds. The van der Waals surface area contributed by atoms with Crippen molar-refractivity contribution in [3.05, 3.63) is 0 Å². The first-order chi connectivity index (χ1) is 18.1. The Hall–Kier alpha value is -2.78. The molecule has 0 atom stereocenters. The minimum absolute atomic E-state index is 0.0257. The fourth-order valence-corrected chi connectivity index (χ4v) is 2.42. The third-order valence-corrected chi connectivity index (χ3v) is 4.39. The zero-order valence-corrected chi connectivity index (χ0v) is 22.8. The Balaban J connectivity index is 0. The van der Waals surface area contributed by atoms with Crippen molar-refractivity contribution in [3.8, 4) is 0 Å². The minimum atomic E-state index is -0.695. The van der Waals surface area contributed by atoms with Gasteiger partial charge in [-0.15, -0.1) is 5.06 Å². The van der Waals surface area contributed by atoms with Gasteiger partial charge < -0.3 is 29.3 Å². The van der Waals surface area contributed by atoms with Gasteiger partial charge in [0.2, 0.25) is 11.8 Å². The number of nitrogens with zero attached hydrogens (tertiary/aromatic N) is 2. The third-order valence-electron chi connectivity index (χ3n) is 4.39. The minimum Gasteiger partial charge on any atom is -0.394 e. The van der Waals surface area contributed by atoms with Crippen LogP contribution in [-0.2, 0) is 47.8 Å². The Morgan fingerprint density at radius 2 is 1.08 bits per heavy atom. The zero-order chi connectivity index (χ0) is 29.3. The molecule has 0 unspecified atom stereocenters. The first-order valence-corrected chi connectivity index (χ1v) is 12.4. The molecule has 0 bridgehead atoms. The lowest BCUT2D eigenvalue weighted by atomic mass is 10.3. The molecule has 0 spiro atoms. The van der Waals surface area contributed by atoms with E-state index < -0.39 is 17.8 Å². The quantitative estimate of drug-likeness (QED) is 0.214. The van der Waals surface area contributed by atoms with Gasteiger partial charge in [-0.3, -0.25) is 28.9 Å². The number of likely N-dealkylation sites (tertiary alicyclic amines) is 1. The number of hydroxylamine groups is 2. The van der Waals surface area contributed by atoms with Gasteiger partial charge in [0.05, 0.1) is 59.3 Å².